The van der Waals surface area contributed by atoms with Gasteiger partial charge in [-0.05, 0) is 25.0 Å². The van der Waals surface area contributed by atoms with Gasteiger partial charge in [0.15, 0.2) is 11.6 Å². The van der Waals surface area contributed by atoms with Crippen LogP contribution in [0.5, 0.6) is 11.5 Å². The molecular weight excluding hydrogens is 499 g/mol. The second kappa shape index (κ2) is 9.41. The van der Waals surface area contributed by atoms with Crippen LogP contribution in [0.3, 0.4) is 0 Å². The zero-order valence-corrected chi connectivity index (χ0v) is 21.7. The van der Waals surface area contributed by atoms with Gasteiger partial charge in [0.05, 0.1) is 19.9 Å². The lowest BCUT2D eigenvalue weighted by Crippen LogP contribution is -2.32. The van der Waals surface area contributed by atoms with Crippen LogP contribution in [0.4, 0.5) is 23.0 Å². The summed E-state index contributed by atoms with van der Waals surface area (Å²) in [6.45, 7) is 4.18. The number of methoxy groups -OCH3 is 2. The summed E-state index contributed by atoms with van der Waals surface area (Å²) < 4.78 is 10.9. The van der Waals surface area contributed by atoms with Gasteiger partial charge in [-0.2, -0.15) is 0 Å². The third kappa shape index (κ3) is 4.22. The number of fused-ring (bicyclic) bond motifs is 8. The molecule has 4 aliphatic heterocycles. The average Bonchev–Trinajstić information content (AvgIpc) is 3.45. The Morgan fingerprint density at radius 3 is 2.06 bits per heavy atom. The molecule has 2 fully saturated rings. The van der Waals surface area contributed by atoms with Gasteiger partial charge in [0.25, 0.3) is 0 Å². The van der Waals surface area contributed by atoms with Crippen molar-refractivity contribution in [1.29, 1.82) is 0 Å². The van der Waals surface area contributed by atoms with Gasteiger partial charge in [-0.25, -0.2) is 9.97 Å². The fraction of sp³-hybridized carbons (Fsp3) is 0.385. The molecule has 2 atom stereocenters. The number of hydrogen-bond donors (Lipinski definition) is 2. The van der Waals surface area contributed by atoms with Crippen LogP contribution in [0.15, 0.2) is 36.4 Å². The molecule has 8 nitrogen and oxygen atoms in total. The smallest absolute Gasteiger partial charge is 0.155 e. The van der Waals surface area contributed by atoms with Gasteiger partial charge in [0, 0.05) is 61.0 Å². The van der Waals surface area contributed by atoms with Gasteiger partial charge in [0.1, 0.15) is 28.0 Å². The Balaban J connectivity index is 0.000000141. The first-order chi connectivity index (χ1) is 17.5. The van der Waals surface area contributed by atoms with E-state index in [-0.39, 0.29) is 0 Å². The molecule has 0 amide bonds. The molecule has 7 rings (SSSR count). The molecule has 0 radical (unpaired) electrons. The van der Waals surface area contributed by atoms with Crippen molar-refractivity contribution in [2.75, 3.05) is 60.8 Å². The Morgan fingerprint density at radius 2 is 1.44 bits per heavy atom. The summed E-state index contributed by atoms with van der Waals surface area (Å²) >= 11 is 12.0. The van der Waals surface area contributed by atoms with Crippen LogP contribution in [-0.4, -0.2) is 62.5 Å². The van der Waals surface area contributed by atoms with Gasteiger partial charge in [0.2, 0.25) is 0 Å². The van der Waals surface area contributed by atoms with Crippen molar-refractivity contribution in [1.82, 2.24) is 9.97 Å². The number of pyridine rings is 2. The lowest BCUT2D eigenvalue weighted by Gasteiger charge is -2.29. The van der Waals surface area contributed by atoms with E-state index in [1.54, 1.807) is 20.3 Å². The molecule has 3 aromatic rings. The van der Waals surface area contributed by atoms with Crippen molar-refractivity contribution in [3.63, 3.8) is 0 Å². The van der Waals surface area contributed by atoms with Gasteiger partial charge < -0.3 is 29.9 Å². The summed E-state index contributed by atoms with van der Waals surface area (Å²) in [5.74, 6) is 3.44. The van der Waals surface area contributed by atoms with E-state index < -0.39 is 0 Å². The van der Waals surface area contributed by atoms with Crippen LogP contribution in [0.2, 0.25) is 10.2 Å². The van der Waals surface area contributed by atoms with E-state index in [9.17, 15) is 0 Å². The molecule has 188 valence electrons. The van der Waals surface area contributed by atoms with Crippen molar-refractivity contribution in [2.45, 2.75) is 24.9 Å². The number of rotatable bonds is 3. The second-order valence-electron chi connectivity index (χ2n) is 9.41. The summed E-state index contributed by atoms with van der Waals surface area (Å²) in [7, 11) is 3.37. The van der Waals surface area contributed by atoms with E-state index in [1.807, 2.05) is 30.3 Å². The predicted octanol–water partition coefficient (Wildman–Crippen LogP) is 5.16. The predicted molar refractivity (Wildman–Crippen MR) is 146 cm³/mol. The summed E-state index contributed by atoms with van der Waals surface area (Å²) in [5.41, 5.74) is 4.01. The lowest BCUT2D eigenvalue weighted by atomic mass is 10.1. The molecule has 4 aliphatic rings. The minimum absolute atomic E-state index is 0.473. The number of anilines is 4. The first kappa shape index (κ1) is 23.3. The molecule has 10 heteroatoms. The van der Waals surface area contributed by atoms with Gasteiger partial charge in [-0.3, -0.25) is 0 Å². The topological polar surface area (TPSA) is 74.8 Å². The maximum atomic E-state index is 6.09. The summed E-state index contributed by atoms with van der Waals surface area (Å²) in [5, 5.41) is 8.09. The van der Waals surface area contributed by atoms with Crippen molar-refractivity contribution < 1.29 is 9.47 Å². The minimum Gasteiger partial charge on any atom is -0.494 e. The number of benzene rings is 1. The second-order valence-corrected chi connectivity index (χ2v) is 10.2. The van der Waals surface area contributed by atoms with Crippen molar-refractivity contribution in [2.24, 2.45) is 0 Å². The Kier molecular flexibility index (Phi) is 6.09. The van der Waals surface area contributed by atoms with E-state index in [2.05, 4.69) is 25.4 Å². The first-order valence-corrected chi connectivity index (χ1v) is 12.9. The molecule has 2 N–H and O–H groups in total. The summed E-state index contributed by atoms with van der Waals surface area (Å²) in [6.07, 6.45) is 2.29. The number of ether oxygens (including phenoxy) is 2. The maximum Gasteiger partial charge on any atom is 0.155 e. The third-order valence-corrected chi connectivity index (χ3v) is 7.56. The van der Waals surface area contributed by atoms with Gasteiger partial charge >= 0.3 is 0 Å². The fourth-order valence-corrected chi connectivity index (χ4v) is 5.84. The van der Waals surface area contributed by atoms with Crippen LogP contribution >= 0.6 is 23.2 Å². The molecule has 0 aliphatic carbocycles. The quantitative estimate of drug-likeness (QED) is 0.453. The summed E-state index contributed by atoms with van der Waals surface area (Å²) in [4.78, 5) is 13.7. The van der Waals surface area contributed by atoms with Gasteiger partial charge in [-0.15, -0.1) is 0 Å². The minimum atomic E-state index is 0.473. The first-order valence-electron chi connectivity index (χ1n) is 12.1. The van der Waals surface area contributed by atoms with Gasteiger partial charge in [-0.1, -0.05) is 35.3 Å². The zero-order valence-electron chi connectivity index (χ0n) is 20.2. The summed E-state index contributed by atoms with van der Waals surface area (Å²) in [6, 6.07) is 12.5. The largest absolute Gasteiger partial charge is 0.494 e. The molecule has 2 aromatic heterocycles. The number of aromatic nitrogens is 2. The van der Waals surface area contributed by atoms with E-state index in [1.165, 1.54) is 0 Å². The van der Waals surface area contributed by atoms with Crippen molar-refractivity contribution >= 4 is 46.2 Å². The molecule has 0 unspecified atom stereocenters. The van der Waals surface area contributed by atoms with Crippen LogP contribution in [0.1, 0.15) is 12.8 Å². The fourth-order valence-electron chi connectivity index (χ4n) is 5.47. The molecule has 2 saturated heterocycles. The molecule has 0 saturated carbocycles. The molecule has 4 bridgehead atoms. The highest BCUT2D eigenvalue weighted by molar-refractivity contribution is 6.31. The highest BCUT2D eigenvalue weighted by Gasteiger charge is 2.34. The number of nitrogens with zero attached hydrogens (tertiary/aromatic N) is 4. The molecule has 1 aromatic carbocycles. The Morgan fingerprint density at radius 1 is 0.833 bits per heavy atom. The Bertz CT molecular complexity index is 1310. The number of hydrogen-bond acceptors (Lipinski definition) is 8. The van der Waals surface area contributed by atoms with E-state index in [0.717, 1.165) is 84.8 Å². The highest BCUT2D eigenvalue weighted by atomic mass is 35.5. The number of halogens is 2. The van der Waals surface area contributed by atoms with E-state index >= 15 is 0 Å². The highest BCUT2D eigenvalue weighted by Crippen LogP contribution is 2.44. The molecular formula is C26H28Cl2N6O2. The Labute approximate surface area is 220 Å². The molecule has 0 spiro atoms. The lowest BCUT2D eigenvalue weighted by molar-refractivity contribution is 0.414. The van der Waals surface area contributed by atoms with Crippen LogP contribution in [0, 0.1) is 0 Å². The van der Waals surface area contributed by atoms with Crippen molar-refractivity contribution in [3.05, 3.63) is 46.6 Å². The van der Waals surface area contributed by atoms with E-state index in [0.29, 0.717) is 22.3 Å². The third-order valence-electron chi connectivity index (χ3n) is 7.14. The number of nitrogens with one attached hydrogen (secondary N) is 2. The van der Waals surface area contributed by atoms with Crippen molar-refractivity contribution in [3.8, 4) is 22.8 Å². The average molecular weight is 527 g/mol. The Hall–Kier alpha value is -3.10. The van der Waals surface area contributed by atoms with Crippen LogP contribution in [-0.2, 0) is 0 Å². The molecule has 36 heavy (non-hydrogen) atoms. The normalized spacial score (nSPS) is 20.4. The maximum absolute atomic E-state index is 6.09. The SMILES string of the molecule is COc1cc(-c2cccc(Cl)c2)nc2c1N1CC[C@@H](C1)N2.COc1cc(Cl)nc2c1N1CC[C@@H](C1)N2. The molecule has 6 heterocycles. The monoisotopic (exact) mass is 526 g/mol. The zero-order chi connectivity index (χ0) is 24.8. The van der Waals surface area contributed by atoms with Crippen LogP contribution < -0.4 is 29.9 Å². The standard InChI is InChI=1S/C16H16ClN3O.C10H12ClN3O/c1-21-14-8-13(10-3-2-4-11(17)7-10)19-16-15(14)20-6-5-12(9-20)18-16;1-15-7-4-8(11)13-10-9(7)14-3-2-6(5-14)12-10/h2-4,7-8,12H,5-6,9H2,1H3,(H,18,19);4,6H,2-3,5H2,1H3,(H,12,13)/t12-;6-/m00/s1. The van der Waals surface area contributed by atoms with Crippen LogP contribution in [0.25, 0.3) is 11.3 Å². The van der Waals surface area contributed by atoms with E-state index in [4.69, 9.17) is 37.7 Å².